The third kappa shape index (κ3) is 5.26. The van der Waals surface area contributed by atoms with Crippen molar-refractivity contribution in [3.05, 3.63) is 47.5 Å². The average molecular weight is 435 g/mol. The summed E-state index contributed by atoms with van der Waals surface area (Å²) in [6.45, 7) is 2.28. The highest BCUT2D eigenvalue weighted by atomic mass is 32.2. The maximum atomic E-state index is 5.60. The Kier molecular flexibility index (Phi) is 7.46. The minimum atomic E-state index is 0.717. The molecule has 1 saturated heterocycles. The largest absolute Gasteiger partial charge is 0.493 e. The van der Waals surface area contributed by atoms with Crippen LogP contribution in [-0.2, 0) is 13.1 Å². The minimum Gasteiger partial charge on any atom is -0.493 e. The first-order valence-corrected chi connectivity index (χ1v) is 10.5. The molecule has 0 atom stereocenters. The number of hydrogen-bond acceptors (Lipinski definition) is 7. The fourth-order valence-electron chi connectivity index (χ4n) is 3.22. The predicted molar refractivity (Wildman–Crippen MR) is 120 cm³/mol. The van der Waals surface area contributed by atoms with Crippen LogP contribution >= 0.6 is 24.0 Å². The van der Waals surface area contributed by atoms with Crippen molar-refractivity contribution in [1.29, 1.82) is 0 Å². The monoisotopic (exact) mass is 434 g/mol. The number of nitrogens with zero attached hydrogens (tertiary/aromatic N) is 2. The van der Waals surface area contributed by atoms with E-state index in [1.807, 2.05) is 30.3 Å². The van der Waals surface area contributed by atoms with E-state index in [9.17, 15) is 0 Å². The summed E-state index contributed by atoms with van der Waals surface area (Å²) in [5.74, 6) is 3.79. The lowest BCUT2D eigenvalue weighted by molar-refractivity contribution is 0.200. The quantitative estimate of drug-likeness (QED) is 0.578. The molecule has 0 N–H and O–H groups in total. The number of thioether (sulfide) groups is 1. The van der Waals surface area contributed by atoms with Gasteiger partial charge in [-0.15, -0.1) is 0 Å². The van der Waals surface area contributed by atoms with Gasteiger partial charge in [0, 0.05) is 13.1 Å². The maximum Gasteiger partial charge on any atom is 0.161 e. The molecule has 0 radical (unpaired) electrons. The third-order valence-electron chi connectivity index (χ3n) is 4.68. The second-order valence-corrected chi connectivity index (χ2v) is 8.17. The summed E-state index contributed by atoms with van der Waals surface area (Å²) < 4.78 is 22.4. The van der Waals surface area contributed by atoms with Gasteiger partial charge in [0.25, 0.3) is 0 Å². The first-order valence-electron chi connectivity index (χ1n) is 9.13. The van der Waals surface area contributed by atoms with Gasteiger partial charge in [-0.1, -0.05) is 36.1 Å². The Morgan fingerprint density at radius 3 is 1.83 bits per heavy atom. The molecule has 8 heteroatoms. The molecule has 2 aromatic rings. The van der Waals surface area contributed by atoms with Crippen molar-refractivity contribution in [2.45, 2.75) is 13.1 Å². The van der Waals surface area contributed by atoms with Gasteiger partial charge in [-0.05, 0) is 35.4 Å². The van der Waals surface area contributed by atoms with Gasteiger partial charge in [0.1, 0.15) is 4.32 Å². The van der Waals surface area contributed by atoms with Crippen molar-refractivity contribution in [3.8, 4) is 23.0 Å². The van der Waals surface area contributed by atoms with Crippen molar-refractivity contribution >= 4 is 28.3 Å². The average Bonchev–Trinajstić information content (AvgIpc) is 2.75. The van der Waals surface area contributed by atoms with Gasteiger partial charge in [-0.3, -0.25) is 4.90 Å². The standard InChI is InChI=1S/C21H26N2O4S2/c1-24-17-7-5-15(9-19(17)26-3)11-22-13-23(21(28)29-14-22)12-16-6-8-18(25-2)20(10-16)27-4/h5-10H,11-14H2,1-4H3. The molecule has 0 spiro atoms. The normalized spacial score (nSPS) is 14.6. The molecule has 1 aliphatic heterocycles. The fraction of sp³-hybridized carbons (Fsp3) is 0.381. The molecule has 1 aliphatic rings. The topological polar surface area (TPSA) is 43.4 Å². The highest BCUT2D eigenvalue weighted by Crippen LogP contribution is 2.31. The van der Waals surface area contributed by atoms with E-state index in [1.54, 1.807) is 40.2 Å². The number of ether oxygens (including phenoxy) is 4. The van der Waals surface area contributed by atoms with E-state index in [2.05, 4.69) is 15.9 Å². The summed E-state index contributed by atoms with van der Waals surface area (Å²) >= 11 is 7.28. The molecule has 1 fully saturated rings. The van der Waals surface area contributed by atoms with Crippen LogP contribution in [0.5, 0.6) is 23.0 Å². The predicted octanol–water partition coefficient (Wildman–Crippen LogP) is 3.97. The summed E-state index contributed by atoms with van der Waals surface area (Å²) in [7, 11) is 6.58. The van der Waals surface area contributed by atoms with E-state index in [0.29, 0.717) is 6.54 Å². The van der Waals surface area contributed by atoms with Crippen LogP contribution < -0.4 is 18.9 Å². The van der Waals surface area contributed by atoms with Gasteiger partial charge in [0.05, 0.1) is 41.0 Å². The van der Waals surface area contributed by atoms with Crippen molar-refractivity contribution < 1.29 is 18.9 Å². The Morgan fingerprint density at radius 2 is 1.31 bits per heavy atom. The fourth-order valence-corrected chi connectivity index (χ4v) is 4.28. The maximum absolute atomic E-state index is 5.60. The second kappa shape index (κ2) is 10.0. The molecule has 0 bridgehead atoms. The van der Waals surface area contributed by atoms with E-state index in [-0.39, 0.29) is 0 Å². The molecule has 0 saturated carbocycles. The zero-order valence-electron chi connectivity index (χ0n) is 17.1. The first kappa shape index (κ1) is 21.5. The van der Waals surface area contributed by atoms with Crippen LogP contribution in [0.2, 0.25) is 0 Å². The lowest BCUT2D eigenvalue weighted by atomic mass is 10.2. The number of thiocarbonyl (C=S) groups is 1. The van der Waals surface area contributed by atoms with Crippen molar-refractivity contribution in [3.63, 3.8) is 0 Å². The number of methoxy groups -OCH3 is 4. The van der Waals surface area contributed by atoms with Crippen LogP contribution in [-0.4, -0.2) is 55.1 Å². The van der Waals surface area contributed by atoms with E-state index in [0.717, 1.165) is 52.0 Å². The summed E-state index contributed by atoms with van der Waals surface area (Å²) in [4.78, 5) is 4.55. The number of rotatable bonds is 8. The Labute approximate surface area is 181 Å². The van der Waals surface area contributed by atoms with Gasteiger partial charge < -0.3 is 23.8 Å². The molecule has 0 aromatic heterocycles. The van der Waals surface area contributed by atoms with E-state index in [4.69, 9.17) is 31.2 Å². The second-order valence-electron chi connectivity index (χ2n) is 6.59. The first-order chi connectivity index (χ1) is 14.1. The van der Waals surface area contributed by atoms with Crippen LogP contribution in [0.25, 0.3) is 0 Å². The lowest BCUT2D eigenvalue weighted by Gasteiger charge is -2.36. The molecule has 0 amide bonds. The highest BCUT2D eigenvalue weighted by Gasteiger charge is 2.22. The van der Waals surface area contributed by atoms with E-state index >= 15 is 0 Å². The summed E-state index contributed by atoms with van der Waals surface area (Å²) in [5.41, 5.74) is 2.29. The molecular weight excluding hydrogens is 408 g/mol. The van der Waals surface area contributed by atoms with Crippen molar-refractivity contribution in [2.75, 3.05) is 41.0 Å². The minimum absolute atomic E-state index is 0.717. The molecule has 3 rings (SSSR count). The van der Waals surface area contributed by atoms with Gasteiger partial charge in [0.2, 0.25) is 0 Å². The summed E-state index contributed by atoms with van der Waals surface area (Å²) in [6.07, 6.45) is 0. The number of hydrogen-bond donors (Lipinski definition) is 0. The van der Waals surface area contributed by atoms with Crippen LogP contribution in [0.4, 0.5) is 0 Å². The van der Waals surface area contributed by atoms with E-state index in [1.165, 1.54) is 5.56 Å². The van der Waals surface area contributed by atoms with E-state index < -0.39 is 0 Å². The van der Waals surface area contributed by atoms with Gasteiger partial charge in [0.15, 0.2) is 23.0 Å². The summed E-state index contributed by atoms with van der Waals surface area (Å²) in [6, 6.07) is 12.0. The van der Waals surface area contributed by atoms with Crippen LogP contribution in [0.3, 0.4) is 0 Å². The number of benzene rings is 2. The Morgan fingerprint density at radius 1 is 0.793 bits per heavy atom. The zero-order chi connectivity index (χ0) is 20.8. The van der Waals surface area contributed by atoms with Crippen molar-refractivity contribution in [2.24, 2.45) is 0 Å². The molecule has 0 unspecified atom stereocenters. The van der Waals surface area contributed by atoms with Crippen molar-refractivity contribution in [1.82, 2.24) is 9.80 Å². The summed E-state index contributed by atoms with van der Waals surface area (Å²) in [5, 5.41) is 0. The SMILES string of the molecule is COc1ccc(CN2CSC(=S)N(Cc3ccc(OC)c(OC)c3)C2)cc1OC. The van der Waals surface area contributed by atoms with Gasteiger partial charge in [-0.25, -0.2) is 0 Å². The lowest BCUT2D eigenvalue weighted by Crippen LogP contribution is -2.43. The molecule has 1 heterocycles. The molecule has 2 aromatic carbocycles. The molecule has 6 nitrogen and oxygen atoms in total. The Hall–Kier alpha value is -2.16. The Bertz CT molecular complexity index is 863. The van der Waals surface area contributed by atoms with Crippen LogP contribution in [0.1, 0.15) is 11.1 Å². The Balaban J connectivity index is 1.68. The molecule has 29 heavy (non-hydrogen) atoms. The van der Waals surface area contributed by atoms with Gasteiger partial charge >= 0.3 is 0 Å². The van der Waals surface area contributed by atoms with Crippen LogP contribution in [0, 0.1) is 0 Å². The molecular formula is C21H26N2O4S2. The smallest absolute Gasteiger partial charge is 0.161 e. The highest BCUT2D eigenvalue weighted by molar-refractivity contribution is 8.22. The molecule has 156 valence electrons. The third-order valence-corrected chi connectivity index (χ3v) is 6.29. The molecule has 0 aliphatic carbocycles. The zero-order valence-corrected chi connectivity index (χ0v) is 18.8. The van der Waals surface area contributed by atoms with Crippen LogP contribution in [0.15, 0.2) is 36.4 Å². The van der Waals surface area contributed by atoms with Gasteiger partial charge in [-0.2, -0.15) is 0 Å².